The highest BCUT2D eigenvalue weighted by Crippen LogP contribution is 2.25. The van der Waals surface area contributed by atoms with Crippen molar-refractivity contribution in [2.45, 2.75) is 0 Å². The molecule has 1 rings (SSSR count). The lowest BCUT2D eigenvalue weighted by molar-refractivity contribution is 0.394. The second-order valence-electron chi connectivity index (χ2n) is 2.97. The Balaban J connectivity index is 2.81. The molecule has 3 nitrogen and oxygen atoms in total. The number of benzene rings is 1. The summed E-state index contributed by atoms with van der Waals surface area (Å²) in [6, 6.07) is 5.63. The first-order valence-electron chi connectivity index (χ1n) is 4.46. The van der Waals surface area contributed by atoms with Crippen LogP contribution in [0, 0.1) is 0 Å². The van der Waals surface area contributed by atoms with Crippen molar-refractivity contribution in [3.05, 3.63) is 29.3 Å². The lowest BCUT2D eigenvalue weighted by atomic mass is 10.2. The average Bonchev–Trinajstić information content (AvgIpc) is 2.25. The second-order valence-corrected chi connectivity index (χ2v) is 4.09. The molecule has 4 heteroatoms. The molecule has 0 aromatic heterocycles. The third-order valence-electron chi connectivity index (χ3n) is 1.84. The van der Waals surface area contributed by atoms with Crippen LogP contribution in [0.3, 0.4) is 0 Å². The highest BCUT2D eigenvalue weighted by molar-refractivity contribution is 9.11. The number of rotatable bonds is 5. The highest BCUT2D eigenvalue weighted by Gasteiger charge is 2.01. The molecule has 0 saturated heterocycles. The molecule has 1 aromatic rings. The van der Waals surface area contributed by atoms with Crippen LogP contribution in [0.4, 0.5) is 5.69 Å². The Kier molecular flexibility index (Phi) is 4.49. The van der Waals surface area contributed by atoms with E-state index in [0.717, 1.165) is 21.7 Å². The first kappa shape index (κ1) is 11.9. The first-order chi connectivity index (χ1) is 7.15. The minimum atomic E-state index is 0.663. The summed E-state index contributed by atoms with van der Waals surface area (Å²) in [6.45, 7) is 4.41. The Morgan fingerprint density at radius 2 is 1.80 bits per heavy atom. The molecule has 0 amide bonds. The van der Waals surface area contributed by atoms with Crippen LogP contribution in [0.1, 0.15) is 0 Å². The Morgan fingerprint density at radius 3 is 2.20 bits per heavy atom. The lowest BCUT2D eigenvalue weighted by Gasteiger charge is -2.09. The summed E-state index contributed by atoms with van der Waals surface area (Å²) in [4.78, 5) is 0. The van der Waals surface area contributed by atoms with Crippen LogP contribution in [-0.4, -0.2) is 20.8 Å². The summed E-state index contributed by atoms with van der Waals surface area (Å²) in [7, 11) is 3.25. The van der Waals surface area contributed by atoms with Crippen molar-refractivity contribution < 1.29 is 9.47 Å². The molecule has 0 bridgehead atoms. The molecule has 0 aliphatic rings. The van der Waals surface area contributed by atoms with Crippen LogP contribution in [0.2, 0.25) is 0 Å². The normalized spacial score (nSPS) is 9.53. The summed E-state index contributed by atoms with van der Waals surface area (Å²) in [5.74, 6) is 1.52. The summed E-state index contributed by atoms with van der Waals surface area (Å²) >= 11 is 3.28. The molecule has 1 N–H and O–H groups in total. The van der Waals surface area contributed by atoms with Gasteiger partial charge in [-0.05, 0) is 0 Å². The van der Waals surface area contributed by atoms with E-state index in [1.165, 1.54) is 0 Å². The predicted octanol–water partition coefficient (Wildman–Crippen LogP) is 3.02. The minimum Gasteiger partial charge on any atom is -0.497 e. The fourth-order valence-corrected chi connectivity index (χ4v) is 1.25. The number of hydrogen-bond acceptors (Lipinski definition) is 3. The summed E-state index contributed by atoms with van der Waals surface area (Å²) in [5, 5.41) is 3.19. The summed E-state index contributed by atoms with van der Waals surface area (Å²) < 4.78 is 11.2. The number of methoxy groups -OCH3 is 2. The van der Waals surface area contributed by atoms with Gasteiger partial charge >= 0.3 is 0 Å². The van der Waals surface area contributed by atoms with Crippen molar-refractivity contribution in [2.75, 3.05) is 26.1 Å². The zero-order valence-electron chi connectivity index (χ0n) is 8.84. The number of ether oxygens (including phenoxy) is 2. The summed E-state index contributed by atoms with van der Waals surface area (Å²) in [6.07, 6.45) is 0. The molecule has 0 fully saturated rings. The molecule has 82 valence electrons. The number of halogens is 1. The van der Waals surface area contributed by atoms with Crippen molar-refractivity contribution in [3.8, 4) is 11.5 Å². The second kappa shape index (κ2) is 5.66. The molecule has 0 heterocycles. The van der Waals surface area contributed by atoms with E-state index in [1.807, 2.05) is 18.2 Å². The van der Waals surface area contributed by atoms with Crippen LogP contribution < -0.4 is 14.8 Å². The van der Waals surface area contributed by atoms with Crippen LogP contribution in [0.5, 0.6) is 11.5 Å². The maximum atomic E-state index is 5.15. The SMILES string of the molecule is C=C(Br)CNc1cc(OC)cc(OC)c1. The van der Waals surface area contributed by atoms with E-state index in [1.54, 1.807) is 14.2 Å². The van der Waals surface area contributed by atoms with Crippen LogP contribution in [0.25, 0.3) is 0 Å². The van der Waals surface area contributed by atoms with Crippen LogP contribution in [-0.2, 0) is 0 Å². The van der Waals surface area contributed by atoms with Gasteiger partial charge in [0.25, 0.3) is 0 Å². The molecule has 15 heavy (non-hydrogen) atoms. The average molecular weight is 272 g/mol. The molecule has 0 unspecified atom stereocenters. The molecule has 0 aliphatic carbocycles. The van der Waals surface area contributed by atoms with Gasteiger partial charge in [-0.15, -0.1) is 0 Å². The maximum Gasteiger partial charge on any atom is 0.124 e. The van der Waals surface area contributed by atoms with E-state index in [4.69, 9.17) is 9.47 Å². The number of nitrogens with one attached hydrogen (secondary N) is 1. The van der Waals surface area contributed by atoms with E-state index in [9.17, 15) is 0 Å². The minimum absolute atomic E-state index is 0.663. The number of anilines is 1. The van der Waals surface area contributed by atoms with Crippen molar-refractivity contribution >= 4 is 21.6 Å². The fourth-order valence-electron chi connectivity index (χ4n) is 1.11. The summed E-state index contributed by atoms with van der Waals surface area (Å²) in [5.41, 5.74) is 0.937. The third-order valence-corrected chi connectivity index (χ3v) is 2.12. The zero-order chi connectivity index (χ0) is 11.3. The Morgan fingerprint density at radius 1 is 1.27 bits per heavy atom. The third kappa shape index (κ3) is 3.83. The van der Waals surface area contributed by atoms with Gasteiger partial charge in [0.2, 0.25) is 0 Å². The van der Waals surface area contributed by atoms with Gasteiger partial charge in [0, 0.05) is 34.9 Å². The quantitative estimate of drug-likeness (QED) is 0.893. The van der Waals surface area contributed by atoms with Crippen molar-refractivity contribution in [1.29, 1.82) is 0 Å². The van der Waals surface area contributed by atoms with E-state index in [-0.39, 0.29) is 0 Å². The highest BCUT2D eigenvalue weighted by atomic mass is 79.9. The topological polar surface area (TPSA) is 30.5 Å². The number of hydrogen-bond donors (Lipinski definition) is 1. The predicted molar refractivity (Wildman–Crippen MR) is 66.1 cm³/mol. The van der Waals surface area contributed by atoms with E-state index >= 15 is 0 Å². The van der Waals surface area contributed by atoms with Gasteiger partial charge in [0.05, 0.1) is 14.2 Å². The molecule has 0 aliphatic heterocycles. The van der Waals surface area contributed by atoms with Gasteiger partial charge in [-0.1, -0.05) is 22.5 Å². The first-order valence-corrected chi connectivity index (χ1v) is 5.25. The molecular formula is C11H14BrNO2. The monoisotopic (exact) mass is 271 g/mol. The largest absolute Gasteiger partial charge is 0.497 e. The van der Waals surface area contributed by atoms with Crippen LogP contribution >= 0.6 is 15.9 Å². The smallest absolute Gasteiger partial charge is 0.124 e. The van der Waals surface area contributed by atoms with E-state index in [2.05, 4.69) is 27.8 Å². The van der Waals surface area contributed by atoms with Crippen molar-refractivity contribution in [1.82, 2.24) is 0 Å². The molecule has 0 atom stereocenters. The standard InChI is InChI=1S/C11H14BrNO2/c1-8(12)7-13-9-4-10(14-2)6-11(5-9)15-3/h4-6,13H,1,7H2,2-3H3. The van der Waals surface area contributed by atoms with E-state index < -0.39 is 0 Å². The van der Waals surface area contributed by atoms with Gasteiger partial charge < -0.3 is 14.8 Å². The van der Waals surface area contributed by atoms with Crippen molar-refractivity contribution in [3.63, 3.8) is 0 Å². The molecule has 0 spiro atoms. The Bertz CT molecular complexity index is 330. The van der Waals surface area contributed by atoms with Gasteiger partial charge in [-0.25, -0.2) is 0 Å². The fraction of sp³-hybridized carbons (Fsp3) is 0.273. The molecular weight excluding hydrogens is 258 g/mol. The zero-order valence-corrected chi connectivity index (χ0v) is 10.4. The Hall–Kier alpha value is -1.16. The lowest BCUT2D eigenvalue weighted by Crippen LogP contribution is -2.01. The van der Waals surface area contributed by atoms with Gasteiger partial charge in [-0.2, -0.15) is 0 Å². The van der Waals surface area contributed by atoms with Crippen LogP contribution in [0.15, 0.2) is 29.3 Å². The molecule has 1 aromatic carbocycles. The molecule has 0 radical (unpaired) electrons. The van der Waals surface area contributed by atoms with E-state index in [0.29, 0.717) is 6.54 Å². The Labute approximate surface area is 98.2 Å². The molecule has 0 saturated carbocycles. The van der Waals surface area contributed by atoms with Gasteiger partial charge in [0.15, 0.2) is 0 Å². The maximum absolute atomic E-state index is 5.15. The van der Waals surface area contributed by atoms with Gasteiger partial charge in [-0.3, -0.25) is 0 Å². The van der Waals surface area contributed by atoms with Crippen molar-refractivity contribution in [2.24, 2.45) is 0 Å². The van der Waals surface area contributed by atoms with Gasteiger partial charge in [0.1, 0.15) is 11.5 Å².